The molecule has 9 heteroatoms. The predicted molar refractivity (Wildman–Crippen MR) is 93.5 cm³/mol. The monoisotopic (exact) mass is 408 g/mol. The Morgan fingerprint density at radius 3 is 2.31 bits per heavy atom. The number of nitrogens with one attached hydrogen (secondary N) is 1. The molecule has 1 aromatic heterocycles. The van der Waals surface area contributed by atoms with Crippen molar-refractivity contribution in [1.29, 1.82) is 0 Å². The second-order valence-electron chi connectivity index (χ2n) is 6.60. The molecule has 1 unspecified atom stereocenters. The van der Waals surface area contributed by atoms with Crippen molar-refractivity contribution in [2.75, 3.05) is 0 Å². The van der Waals surface area contributed by atoms with E-state index in [0.29, 0.717) is 11.1 Å². The van der Waals surface area contributed by atoms with Crippen LogP contribution in [0.3, 0.4) is 0 Å². The first-order chi connectivity index (χ1) is 11.9. The molecule has 2 rings (SSSR count). The van der Waals surface area contributed by atoms with E-state index in [1.165, 1.54) is 18.3 Å². The van der Waals surface area contributed by atoms with Gasteiger partial charge in [0.15, 0.2) is 0 Å². The van der Waals surface area contributed by atoms with Gasteiger partial charge in [0, 0.05) is 17.6 Å². The minimum atomic E-state index is -4.71. The van der Waals surface area contributed by atoms with Gasteiger partial charge in [0.05, 0.1) is 16.3 Å². The normalized spacial score (nSPS) is 15.0. The SMILES string of the molecule is CC(C)(C)[S+]([O-])N[C@@H](c1cc(F)cc(C(F)(F)F)c1)c1ccc(Cl)cn1. The Morgan fingerprint density at radius 1 is 1.15 bits per heavy atom. The number of nitrogens with zero attached hydrogens (tertiary/aromatic N) is 1. The number of hydrogen-bond donors (Lipinski definition) is 1. The highest BCUT2D eigenvalue weighted by molar-refractivity contribution is 7.90. The van der Waals surface area contributed by atoms with Gasteiger partial charge in [-0.05, 0) is 56.7 Å². The summed E-state index contributed by atoms with van der Waals surface area (Å²) in [4.78, 5) is 4.08. The van der Waals surface area contributed by atoms with E-state index in [9.17, 15) is 22.1 Å². The molecular formula is C17H17ClF4N2OS. The van der Waals surface area contributed by atoms with Crippen LogP contribution >= 0.6 is 11.6 Å². The van der Waals surface area contributed by atoms with Gasteiger partial charge in [-0.2, -0.15) is 13.2 Å². The lowest BCUT2D eigenvalue weighted by Crippen LogP contribution is -2.41. The third-order valence-corrected chi connectivity index (χ3v) is 5.19. The first-order valence-corrected chi connectivity index (χ1v) is 9.08. The molecule has 26 heavy (non-hydrogen) atoms. The summed E-state index contributed by atoms with van der Waals surface area (Å²) in [5.74, 6) is -1.04. The topological polar surface area (TPSA) is 48.0 Å². The Kier molecular flexibility index (Phi) is 6.22. The van der Waals surface area contributed by atoms with Crippen LogP contribution in [-0.4, -0.2) is 14.3 Å². The van der Waals surface area contributed by atoms with Crippen LogP contribution in [0.2, 0.25) is 5.02 Å². The Morgan fingerprint density at radius 2 is 1.81 bits per heavy atom. The van der Waals surface area contributed by atoms with E-state index >= 15 is 0 Å². The molecule has 1 N–H and O–H groups in total. The third-order valence-electron chi connectivity index (χ3n) is 3.41. The van der Waals surface area contributed by atoms with E-state index in [1.807, 2.05) is 0 Å². The lowest BCUT2D eigenvalue weighted by Gasteiger charge is -2.28. The number of hydrogen-bond acceptors (Lipinski definition) is 3. The van der Waals surface area contributed by atoms with E-state index in [2.05, 4.69) is 9.71 Å². The summed E-state index contributed by atoms with van der Waals surface area (Å²) in [6, 6.07) is 4.17. The van der Waals surface area contributed by atoms with Crippen molar-refractivity contribution in [1.82, 2.24) is 9.71 Å². The zero-order chi connectivity index (χ0) is 19.7. The molecule has 0 spiro atoms. The molecule has 142 valence electrons. The van der Waals surface area contributed by atoms with E-state index in [1.54, 1.807) is 20.8 Å². The summed E-state index contributed by atoms with van der Waals surface area (Å²) in [5, 5.41) is 0.333. The molecule has 3 nitrogen and oxygen atoms in total. The molecule has 0 fully saturated rings. The van der Waals surface area contributed by atoms with Gasteiger partial charge in [0.25, 0.3) is 0 Å². The fourth-order valence-electron chi connectivity index (χ4n) is 2.08. The minimum Gasteiger partial charge on any atom is -0.598 e. The molecule has 0 aliphatic heterocycles. The van der Waals surface area contributed by atoms with Gasteiger partial charge in [-0.3, -0.25) is 4.98 Å². The van der Waals surface area contributed by atoms with Gasteiger partial charge >= 0.3 is 6.18 Å². The van der Waals surface area contributed by atoms with Gasteiger partial charge in [-0.25, -0.2) is 4.39 Å². The van der Waals surface area contributed by atoms with Crippen molar-refractivity contribution in [3.8, 4) is 0 Å². The van der Waals surface area contributed by atoms with Gasteiger partial charge in [-0.15, -0.1) is 4.72 Å². The number of halogens is 5. The van der Waals surface area contributed by atoms with Crippen molar-refractivity contribution < 1.29 is 22.1 Å². The molecule has 0 saturated heterocycles. The number of aromatic nitrogens is 1. The van der Waals surface area contributed by atoms with E-state index in [4.69, 9.17) is 11.6 Å². The molecule has 2 aromatic rings. The molecule has 0 saturated carbocycles. The van der Waals surface area contributed by atoms with Crippen LogP contribution in [0, 0.1) is 5.82 Å². The number of pyridine rings is 1. The third kappa shape index (κ3) is 5.33. The predicted octanol–water partition coefficient (Wildman–Crippen LogP) is 5.03. The Hall–Kier alpha value is -1.35. The van der Waals surface area contributed by atoms with Gasteiger partial charge in [0.2, 0.25) is 0 Å². The van der Waals surface area contributed by atoms with Crippen LogP contribution in [0.15, 0.2) is 36.5 Å². The van der Waals surface area contributed by atoms with Crippen LogP contribution in [0.5, 0.6) is 0 Å². The van der Waals surface area contributed by atoms with Gasteiger partial charge < -0.3 is 4.55 Å². The van der Waals surface area contributed by atoms with Crippen molar-refractivity contribution in [2.45, 2.75) is 37.7 Å². The summed E-state index contributed by atoms with van der Waals surface area (Å²) in [7, 11) is 0. The Bertz CT molecular complexity index is 763. The average Bonchev–Trinajstić information content (AvgIpc) is 2.51. The quantitative estimate of drug-likeness (QED) is 0.570. The molecular weight excluding hydrogens is 392 g/mol. The largest absolute Gasteiger partial charge is 0.598 e. The lowest BCUT2D eigenvalue weighted by atomic mass is 10.0. The van der Waals surface area contributed by atoms with Crippen molar-refractivity contribution in [3.63, 3.8) is 0 Å². The standard InChI is InChI=1S/C17H17ClF4N2OS/c1-16(2,3)26(25)24-15(14-5-4-12(18)9-23-14)10-6-11(17(20,21)22)8-13(19)7-10/h4-9,15,24H,1-3H3/t15-,26?/m0/s1. The van der Waals surface area contributed by atoms with E-state index < -0.39 is 39.7 Å². The van der Waals surface area contributed by atoms with E-state index in [-0.39, 0.29) is 11.3 Å². The van der Waals surface area contributed by atoms with Crippen LogP contribution in [-0.2, 0) is 17.5 Å². The Balaban J connectivity index is 2.53. The second kappa shape index (κ2) is 7.72. The van der Waals surface area contributed by atoms with Crippen LogP contribution in [0.1, 0.15) is 43.6 Å². The number of rotatable bonds is 4. The van der Waals surface area contributed by atoms with Crippen molar-refractivity contribution in [3.05, 3.63) is 64.2 Å². The highest BCUT2D eigenvalue weighted by Crippen LogP contribution is 2.33. The second-order valence-corrected chi connectivity index (χ2v) is 9.04. The molecule has 0 aliphatic carbocycles. The molecule has 0 radical (unpaired) electrons. The fraction of sp³-hybridized carbons (Fsp3) is 0.353. The maximum atomic E-state index is 13.8. The van der Waals surface area contributed by atoms with Gasteiger partial charge in [0.1, 0.15) is 16.6 Å². The lowest BCUT2D eigenvalue weighted by molar-refractivity contribution is -0.137. The van der Waals surface area contributed by atoms with Crippen molar-refractivity contribution >= 4 is 23.0 Å². The summed E-state index contributed by atoms with van der Waals surface area (Å²) >= 11 is 4.16. The first kappa shape index (κ1) is 21.0. The highest BCUT2D eigenvalue weighted by Gasteiger charge is 2.35. The van der Waals surface area contributed by atoms with E-state index in [0.717, 1.165) is 12.1 Å². The van der Waals surface area contributed by atoms with Gasteiger partial charge in [-0.1, -0.05) is 11.6 Å². The fourth-order valence-corrected chi connectivity index (χ4v) is 3.02. The zero-order valence-corrected chi connectivity index (χ0v) is 15.8. The molecule has 0 bridgehead atoms. The smallest absolute Gasteiger partial charge is 0.416 e. The molecule has 1 aromatic carbocycles. The summed E-state index contributed by atoms with van der Waals surface area (Å²) in [6.07, 6.45) is -3.40. The number of alkyl halides is 3. The molecule has 0 amide bonds. The van der Waals surface area contributed by atoms with Crippen molar-refractivity contribution in [2.24, 2.45) is 0 Å². The summed E-state index contributed by atoms with van der Waals surface area (Å²) < 4.78 is 67.5. The van der Waals surface area contributed by atoms with Crippen LogP contribution in [0.25, 0.3) is 0 Å². The van der Waals surface area contributed by atoms with Crippen LogP contribution in [0.4, 0.5) is 17.6 Å². The zero-order valence-electron chi connectivity index (χ0n) is 14.2. The molecule has 0 aliphatic rings. The van der Waals surface area contributed by atoms with Crippen LogP contribution < -0.4 is 4.72 Å². The summed E-state index contributed by atoms with van der Waals surface area (Å²) in [5.41, 5.74) is -0.898. The maximum absolute atomic E-state index is 13.8. The summed E-state index contributed by atoms with van der Waals surface area (Å²) in [6.45, 7) is 5.11. The first-order valence-electron chi connectivity index (χ1n) is 7.55. The highest BCUT2D eigenvalue weighted by atomic mass is 35.5. The number of benzene rings is 1. The molecule has 2 atom stereocenters. The molecule has 1 heterocycles. The minimum absolute atomic E-state index is 0.0373. The maximum Gasteiger partial charge on any atom is 0.416 e. The average molecular weight is 409 g/mol. The Labute approximate surface area is 157 Å².